The number of amides is 5. The van der Waals surface area contributed by atoms with Crippen LogP contribution < -0.4 is 21.3 Å². The number of likely N-dealkylation sites (tertiary alicyclic amines) is 1. The second kappa shape index (κ2) is 19.3. The van der Waals surface area contributed by atoms with Crippen molar-refractivity contribution in [3.8, 4) is 0 Å². The van der Waals surface area contributed by atoms with Crippen molar-refractivity contribution in [2.45, 2.75) is 123 Å². The van der Waals surface area contributed by atoms with Crippen LogP contribution in [0.1, 0.15) is 105 Å². The fourth-order valence-corrected chi connectivity index (χ4v) is 6.87. The topological polar surface area (TPSA) is 217 Å². The first-order valence-corrected chi connectivity index (χ1v) is 18.4. The number of benzene rings is 1. The Labute approximate surface area is 310 Å². The Balaban J connectivity index is 1.78. The van der Waals surface area contributed by atoms with Crippen molar-refractivity contribution in [1.82, 2.24) is 26.2 Å². The van der Waals surface area contributed by atoms with Crippen molar-refractivity contribution in [3.63, 3.8) is 0 Å². The second-order valence-electron chi connectivity index (χ2n) is 15.3. The van der Waals surface area contributed by atoms with Gasteiger partial charge in [-0.2, -0.15) is 0 Å². The van der Waals surface area contributed by atoms with Gasteiger partial charge in [0.05, 0.1) is 12.6 Å². The van der Waals surface area contributed by atoms with Gasteiger partial charge in [-0.15, -0.1) is 0 Å². The average Bonchev–Trinajstić information content (AvgIpc) is 3.45. The lowest BCUT2D eigenvalue weighted by Gasteiger charge is -2.35. The minimum absolute atomic E-state index is 0.0298. The molecule has 1 aliphatic heterocycles. The van der Waals surface area contributed by atoms with E-state index in [9.17, 15) is 43.5 Å². The van der Waals surface area contributed by atoms with Crippen molar-refractivity contribution < 1.29 is 48.2 Å². The maximum atomic E-state index is 14.3. The molecule has 292 valence electrons. The van der Waals surface area contributed by atoms with E-state index >= 15 is 0 Å². The van der Waals surface area contributed by atoms with E-state index in [0.29, 0.717) is 6.42 Å². The normalized spacial score (nSPS) is 19.2. The first kappa shape index (κ1) is 42.6. The molecule has 5 N–H and O–H groups in total. The molecule has 0 radical (unpaired) electrons. The summed E-state index contributed by atoms with van der Waals surface area (Å²) in [5.41, 5.74) is -0.275. The van der Waals surface area contributed by atoms with Crippen LogP contribution in [0.15, 0.2) is 30.3 Å². The molecule has 15 nitrogen and oxygen atoms in total. The summed E-state index contributed by atoms with van der Waals surface area (Å²) in [5, 5.41) is 19.5. The lowest BCUT2D eigenvalue weighted by atomic mass is 9.83. The minimum atomic E-state index is -1.89. The maximum Gasteiger partial charge on any atom is 0.407 e. The number of carbonyl (C=O) groups excluding carboxylic acids is 7. The number of hydrogen-bond acceptors (Lipinski definition) is 9. The van der Waals surface area contributed by atoms with Gasteiger partial charge in [0, 0.05) is 6.54 Å². The molecular formula is C38H55N5O10. The highest BCUT2D eigenvalue weighted by Gasteiger charge is 2.48. The van der Waals surface area contributed by atoms with E-state index in [2.05, 4.69) is 21.3 Å². The highest BCUT2D eigenvalue weighted by Crippen LogP contribution is 2.36. The molecule has 53 heavy (non-hydrogen) atoms. The number of nitrogens with one attached hydrogen (secondary N) is 4. The highest BCUT2D eigenvalue weighted by atomic mass is 16.5. The van der Waals surface area contributed by atoms with Gasteiger partial charge in [-0.05, 0) is 55.4 Å². The summed E-state index contributed by atoms with van der Waals surface area (Å²) in [6, 6.07) is 1.00. The lowest BCUT2D eigenvalue weighted by molar-refractivity contribution is -0.145. The van der Waals surface area contributed by atoms with Crippen LogP contribution in [0.4, 0.5) is 4.79 Å². The van der Waals surface area contributed by atoms with Gasteiger partial charge in [0.15, 0.2) is 17.9 Å². The summed E-state index contributed by atoms with van der Waals surface area (Å²) >= 11 is 0. The number of aliphatic carboxylic acids is 1. The van der Waals surface area contributed by atoms with Gasteiger partial charge in [0.1, 0.15) is 12.1 Å². The van der Waals surface area contributed by atoms with Crippen LogP contribution in [-0.2, 0) is 38.3 Å². The van der Waals surface area contributed by atoms with Gasteiger partial charge in [0.25, 0.3) is 11.8 Å². The van der Waals surface area contributed by atoms with E-state index in [1.54, 1.807) is 25.1 Å². The molecule has 0 aromatic heterocycles. The van der Waals surface area contributed by atoms with Gasteiger partial charge in [-0.1, -0.05) is 90.6 Å². The Morgan fingerprint density at radius 3 is 2.13 bits per heavy atom. The van der Waals surface area contributed by atoms with Crippen molar-refractivity contribution in [1.29, 1.82) is 0 Å². The number of carboxylic acids is 1. The zero-order valence-electron chi connectivity index (χ0n) is 31.6. The van der Waals surface area contributed by atoms with Crippen molar-refractivity contribution in [3.05, 3.63) is 35.9 Å². The number of carbonyl (C=O) groups is 8. The number of ether oxygens (including phenoxy) is 1. The molecule has 15 heteroatoms. The number of nitrogens with zero attached hydrogens (tertiary/aromatic N) is 1. The van der Waals surface area contributed by atoms with E-state index < -0.39 is 82.9 Å². The van der Waals surface area contributed by atoms with Gasteiger partial charge < -0.3 is 36.0 Å². The van der Waals surface area contributed by atoms with Gasteiger partial charge in [-0.25, -0.2) is 9.59 Å². The van der Waals surface area contributed by atoms with Crippen molar-refractivity contribution >= 4 is 47.3 Å². The molecule has 1 aliphatic carbocycles. The van der Waals surface area contributed by atoms with Gasteiger partial charge in [0.2, 0.25) is 17.6 Å². The zero-order chi connectivity index (χ0) is 39.5. The SMILES string of the molecule is CCCC(NC(=O)[C@@H]1CC(C)(C)CN1C(=O)[C@@H](NC(=O)OCC(C)C)C1CCCCC1)C(=O)C(=O)N[C@@H](C(C)=O)C(=O)NC(C(=O)O)c1ccccc1. The predicted octanol–water partition coefficient (Wildman–Crippen LogP) is 2.81. The van der Waals surface area contributed by atoms with Crippen LogP contribution in [0.2, 0.25) is 0 Å². The summed E-state index contributed by atoms with van der Waals surface area (Å²) in [6.45, 7) is 10.7. The molecule has 3 rings (SSSR count). The monoisotopic (exact) mass is 741 g/mol. The summed E-state index contributed by atoms with van der Waals surface area (Å²) in [7, 11) is 0. The lowest BCUT2D eigenvalue weighted by Crippen LogP contribution is -2.59. The van der Waals surface area contributed by atoms with Crippen LogP contribution in [0, 0.1) is 17.3 Å². The third-order valence-corrected chi connectivity index (χ3v) is 9.56. The third kappa shape index (κ3) is 12.1. The molecule has 1 heterocycles. The van der Waals surface area contributed by atoms with E-state index in [1.165, 1.54) is 17.0 Å². The van der Waals surface area contributed by atoms with Crippen LogP contribution in [-0.4, -0.2) is 94.6 Å². The fourth-order valence-electron chi connectivity index (χ4n) is 6.87. The maximum absolute atomic E-state index is 14.3. The first-order chi connectivity index (χ1) is 24.9. The zero-order valence-corrected chi connectivity index (χ0v) is 31.6. The van der Waals surface area contributed by atoms with Crippen LogP contribution >= 0.6 is 0 Å². The van der Waals surface area contributed by atoms with Crippen LogP contribution in [0.5, 0.6) is 0 Å². The molecule has 2 unspecified atom stereocenters. The molecule has 5 amide bonds. The van der Waals surface area contributed by atoms with Crippen LogP contribution in [0.3, 0.4) is 0 Å². The number of carboxylic acid groups (broad SMARTS) is 1. The first-order valence-electron chi connectivity index (χ1n) is 18.4. The van der Waals surface area contributed by atoms with E-state index in [-0.39, 0.29) is 43.4 Å². The van der Waals surface area contributed by atoms with Crippen molar-refractivity contribution in [2.24, 2.45) is 17.3 Å². The fraction of sp³-hybridized carbons (Fsp3) is 0.632. The summed E-state index contributed by atoms with van der Waals surface area (Å²) in [5.74, 6) is -7.00. The number of alkyl carbamates (subject to hydrolysis) is 1. The molecule has 2 fully saturated rings. The summed E-state index contributed by atoms with van der Waals surface area (Å²) in [4.78, 5) is 107. The average molecular weight is 742 g/mol. The molecule has 1 saturated carbocycles. The number of hydrogen-bond donors (Lipinski definition) is 5. The van der Waals surface area contributed by atoms with Crippen LogP contribution in [0.25, 0.3) is 0 Å². The Morgan fingerprint density at radius 2 is 1.57 bits per heavy atom. The molecule has 0 spiro atoms. The number of ketones is 2. The molecule has 1 saturated heterocycles. The Bertz CT molecular complexity index is 1510. The largest absolute Gasteiger partial charge is 0.479 e. The number of rotatable bonds is 17. The minimum Gasteiger partial charge on any atom is -0.479 e. The second-order valence-corrected chi connectivity index (χ2v) is 15.3. The Hall–Kier alpha value is -4.82. The number of Topliss-reactive ketones (excluding diaryl/α,β-unsaturated/α-hetero) is 2. The Kier molecular flexibility index (Phi) is 15.5. The molecule has 0 bridgehead atoms. The molecule has 1 aromatic rings. The van der Waals surface area contributed by atoms with Crippen molar-refractivity contribution in [2.75, 3.05) is 13.2 Å². The van der Waals surface area contributed by atoms with Gasteiger partial charge in [-0.3, -0.25) is 28.8 Å². The molecule has 2 aliphatic rings. The van der Waals surface area contributed by atoms with Gasteiger partial charge >= 0.3 is 12.1 Å². The van der Waals surface area contributed by atoms with E-state index in [0.717, 1.165) is 39.0 Å². The quantitative estimate of drug-likeness (QED) is 0.116. The smallest absolute Gasteiger partial charge is 0.407 e. The molecular weight excluding hydrogens is 686 g/mol. The predicted molar refractivity (Wildman–Crippen MR) is 193 cm³/mol. The Morgan fingerprint density at radius 1 is 0.925 bits per heavy atom. The third-order valence-electron chi connectivity index (χ3n) is 9.56. The molecule has 5 atom stereocenters. The molecule has 1 aromatic carbocycles. The standard InChI is InChI=1S/C38H55N5O10/c1-7-14-26(31(45)34(48)40-28(23(4)44)33(47)41-30(36(50)51)25-17-12-9-13-18-25)39-32(46)27-19-38(5,6)21-43(27)35(49)29(24-15-10-8-11-16-24)42-37(52)53-20-22(2)3/h9,12-13,17-18,22,24,26-30H,7-8,10-11,14-16,19-21H2,1-6H3,(H,39,46)(H,40,48)(H,41,47)(H,42,52)(H,50,51)/t26?,27-,28-,29-,30?/m0/s1. The highest BCUT2D eigenvalue weighted by molar-refractivity contribution is 6.39. The van der Waals surface area contributed by atoms with E-state index in [4.69, 9.17) is 4.74 Å². The summed E-state index contributed by atoms with van der Waals surface area (Å²) in [6.07, 6.45) is 4.19. The van der Waals surface area contributed by atoms with E-state index in [1.807, 2.05) is 27.7 Å². The summed E-state index contributed by atoms with van der Waals surface area (Å²) < 4.78 is 5.34.